The molecule has 1 N–H and O–H groups in total. The van der Waals surface area contributed by atoms with Crippen molar-refractivity contribution in [3.8, 4) is 5.69 Å². The molecule has 1 aliphatic rings. The molecule has 4 aromatic rings. The Labute approximate surface area is 186 Å². The van der Waals surface area contributed by atoms with E-state index in [4.69, 9.17) is 9.51 Å². The van der Waals surface area contributed by atoms with Crippen molar-refractivity contribution in [3.63, 3.8) is 0 Å². The highest BCUT2D eigenvalue weighted by Crippen LogP contribution is 2.35. The monoisotopic (exact) mass is 452 g/mol. The predicted molar refractivity (Wildman–Crippen MR) is 122 cm³/mol. The molecule has 9 heteroatoms. The summed E-state index contributed by atoms with van der Waals surface area (Å²) in [5, 5.41) is 7.73. The highest BCUT2D eigenvalue weighted by Gasteiger charge is 2.23. The highest BCUT2D eigenvalue weighted by atomic mass is 32.2. The molecule has 1 aromatic carbocycles. The van der Waals surface area contributed by atoms with Crippen LogP contribution in [0.1, 0.15) is 29.0 Å². The van der Waals surface area contributed by atoms with E-state index in [1.165, 1.54) is 16.6 Å². The molecule has 158 valence electrons. The first-order chi connectivity index (χ1) is 15.1. The minimum Gasteiger partial charge on any atom is -0.360 e. The van der Waals surface area contributed by atoms with Crippen LogP contribution in [-0.2, 0) is 17.6 Å². The van der Waals surface area contributed by atoms with Gasteiger partial charge in [0.05, 0.1) is 16.8 Å². The van der Waals surface area contributed by atoms with E-state index in [0.29, 0.717) is 16.7 Å². The fourth-order valence-corrected chi connectivity index (χ4v) is 5.94. The van der Waals surface area contributed by atoms with Crippen molar-refractivity contribution >= 4 is 45.0 Å². The van der Waals surface area contributed by atoms with Gasteiger partial charge in [-0.3, -0.25) is 14.2 Å². The van der Waals surface area contributed by atoms with Gasteiger partial charge in [0.15, 0.2) is 11.0 Å². The third-order valence-electron chi connectivity index (χ3n) is 5.20. The van der Waals surface area contributed by atoms with Gasteiger partial charge in [0.2, 0.25) is 5.91 Å². The van der Waals surface area contributed by atoms with E-state index >= 15 is 0 Å². The van der Waals surface area contributed by atoms with Crippen LogP contribution in [0.3, 0.4) is 0 Å². The third kappa shape index (κ3) is 3.90. The lowest BCUT2D eigenvalue weighted by Gasteiger charge is -2.13. The molecule has 0 saturated carbocycles. The Morgan fingerprint density at radius 2 is 2.06 bits per heavy atom. The number of nitrogens with zero attached hydrogens (tertiary/aromatic N) is 3. The Hall–Kier alpha value is -2.91. The van der Waals surface area contributed by atoms with Gasteiger partial charge in [-0.05, 0) is 50.3 Å². The molecule has 5 rings (SSSR count). The first-order valence-corrected chi connectivity index (χ1v) is 11.9. The van der Waals surface area contributed by atoms with Gasteiger partial charge in [-0.15, -0.1) is 11.3 Å². The van der Waals surface area contributed by atoms with Crippen LogP contribution in [0.2, 0.25) is 0 Å². The second kappa shape index (κ2) is 8.32. The lowest BCUT2D eigenvalue weighted by molar-refractivity contribution is -0.113. The van der Waals surface area contributed by atoms with Crippen LogP contribution in [0.15, 0.2) is 50.9 Å². The molecular formula is C22H20N4O3S2. The lowest BCUT2D eigenvalue weighted by atomic mass is 9.97. The SMILES string of the molecule is Cc1cc(NC(=O)CSc2nc3sc4c(c3c(=O)n2-c2ccccc2)CCCC4)no1. The molecule has 0 aliphatic heterocycles. The molecule has 7 nitrogen and oxygen atoms in total. The summed E-state index contributed by atoms with van der Waals surface area (Å²) in [6.45, 7) is 1.76. The van der Waals surface area contributed by atoms with E-state index in [9.17, 15) is 9.59 Å². The van der Waals surface area contributed by atoms with Crippen LogP contribution in [0.25, 0.3) is 15.9 Å². The molecular weight excluding hydrogens is 432 g/mol. The van der Waals surface area contributed by atoms with Crippen LogP contribution in [0, 0.1) is 6.92 Å². The number of carbonyl (C=O) groups excluding carboxylic acids is 1. The number of amides is 1. The second-order valence-corrected chi connectivity index (χ2v) is 9.45. The van der Waals surface area contributed by atoms with Crippen LogP contribution >= 0.6 is 23.1 Å². The number of aryl methyl sites for hydroxylation is 3. The summed E-state index contributed by atoms with van der Waals surface area (Å²) in [6.07, 6.45) is 4.17. The van der Waals surface area contributed by atoms with E-state index in [0.717, 1.165) is 47.2 Å². The first kappa shape index (κ1) is 20.0. The number of benzene rings is 1. The van der Waals surface area contributed by atoms with Crippen LogP contribution < -0.4 is 10.9 Å². The zero-order valence-corrected chi connectivity index (χ0v) is 18.5. The molecule has 0 radical (unpaired) electrons. The highest BCUT2D eigenvalue weighted by molar-refractivity contribution is 7.99. The summed E-state index contributed by atoms with van der Waals surface area (Å²) in [5.41, 5.74) is 1.84. The average molecular weight is 453 g/mol. The standard InChI is InChI=1S/C22H20N4O3S2/c1-13-11-17(25-29-13)23-18(27)12-30-22-24-20-19(15-9-5-6-10-16(15)31-20)21(28)26(22)14-7-3-2-4-8-14/h2-4,7-8,11H,5-6,9-10,12H2,1H3,(H,23,25,27). The van der Waals surface area contributed by atoms with Crippen molar-refractivity contribution in [2.24, 2.45) is 0 Å². The van der Waals surface area contributed by atoms with E-state index in [2.05, 4.69) is 10.5 Å². The van der Waals surface area contributed by atoms with Gasteiger partial charge in [-0.1, -0.05) is 35.1 Å². The number of thiophene rings is 1. The van der Waals surface area contributed by atoms with Gasteiger partial charge in [0.25, 0.3) is 5.56 Å². The minimum absolute atomic E-state index is 0.0642. The van der Waals surface area contributed by atoms with Gasteiger partial charge in [0, 0.05) is 10.9 Å². The Balaban J connectivity index is 1.53. The number of para-hydroxylation sites is 1. The number of aromatic nitrogens is 3. The van der Waals surface area contributed by atoms with Crippen LogP contribution in [0.4, 0.5) is 5.82 Å². The molecule has 1 aliphatic carbocycles. The molecule has 1 amide bonds. The van der Waals surface area contributed by atoms with E-state index in [1.54, 1.807) is 28.9 Å². The van der Waals surface area contributed by atoms with E-state index in [-0.39, 0.29) is 17.2 Å². The lowest BCUT2D eigenvalue weighted by Crippen LogP contribution is -2.23. The molecule has 0 bridgehead atoms. The fourth-order valence-electron chi connectivity index (χ4n) is 3.82. The Kier molecular flexibility index (Phi) is 5.37. The predicted octanol–water partition coefficient (Wildman–Crippen LogP) is 4.35. The molecule has 0 saturated heterocycles. The molecule has 0 atom stereocenters. The quantitative estimate of drug-likeness (QED) is 0.358. The number of fused-ring (bicyclic) bond motifs is 3. The summed E-state index contributed by atoms with van der Waals surface area (Å²) in [5.74, 6) is 0.854. The number of hydrogen-bond acceptors (Lipinski definition) is 7. The number of rotatable bonds is 5. The summed E-state index contributed by atoms with van der Waals surface area (Å²) in [4.78, 5) is 32.9. The van der Waals surface area contributed by atoms with Crippen molar-refractivity contribution < 1.29 is 9.32 Å². The topological polar surface area (TPSA) is 90.0 Å². The minimum atomic E-state index is -0.238. The Morgan fingerprint density at radius 1 is 1.26 bits per heavy atom. The normalized spacial score (nSPS) is 13.3. The maximum atomic E-state index is 13.6. The Bertz CT molecular complexity index is 1320. The molecule has 0 fully saturated rings. The van der Waals surface area contributed by atoms with Crippen molar-refractivity contribution in [1.29, 1.82) is 0 Å². The number of thioether (sulfide) groups is 1. The van der Waals surface area contributed by atoms with Gasteiger partial charge in [-0.2, -0.15) is 0 Å². The summed E-state index contributed by atoms with van der Waals surface area (Å²) in [7, 11) is 0. The van der Waals surface area contributed by atoms with Crippen LogP contribution in [-0.4, -0.2) is 26.4 Å². The van der Waals surface area contributed by atoms with E-state index in [1.807, 2.05) is 30.3 Å². The smallest absolute Gasteiger partial charge is 0.267 e. The molecule has 0 unspecified atom stereocenters. The summed E-state index contributed by atoms with van der Waals surface area (Å²) in [6, 6.07) is 11.1. The fraction of sp³-hybridized carbons (Fsp3) is 0.273. The first-order valence-electron chi connectivity index (χ1n) is 10.1. The zero-order valence-electron chi connectivity index (χ0n) is 16.9. The molecule has 3 heterocycles. The van der Waals surface area contributed by atoms with Gasteiger partial charge < -0.3 is 9.84 Å². The third-order valence-corrected chi connectivity index (χ3v) is 7.32. The maximum Gasteiger partial charge on any atom is 0.267 e. The van der Waals surface area contributed by atoms with Gasteiger partial charge >= 0.3 is 0 Å². The zero-order chi connectivity index (χ0) is 21.4. The average Bonchev–Trinajstić information content (AvgIpc) is 3.35. The number of hydrogen-bond donors (Lipinski definition) is 1. The number of carbonyl (C=O) groups is 1. The van der Waals surface area contributed by atoms with Gasteiger partial charge in [0.1, 0.15) is 10.6 Å². The Morgan fingerprint density at radius 3 is 2.84 bits per heavy atom. The van der Waals surface area contributed by atoms with E-state index < -0.39 is 0 Å². The van der Waals surface area contributed by atoms with Crippen molar-refractivity contribution in [1.82, 2.24) is 14.7 Å². The largest absolute Gasteiger partial charge is 0.360 e. The van der Waals surface area contributed by atoms with Crippen molar-refractivity contribution in [2.75, 3.05) is 11.1 Å². The molecule has 31 heavy (non-hydrogen) atoms. The van der Waals surface area contributed by atoms with Crippen molar-refractivity contribution in [2.45, 2.75) is 37.8 Å². The van der Waals surface area contributed by atoms with Crippen LogP contribution in [0.5, 0.6) is 0 Å². The maximum absolute atomic E-state index is 13.6. The number of anilines is 1. The van der Waals surface area contributed by atoms with Crippen molar-refractivity contribution in [3.05, 3.63) is 63.0 Å². The molecule has 0 spiro atoms. The second-order valence-electron chi connectivity index (χ2n) is 7.42. The molecule has 3 aromatic heterocycles. The number of nitrogens with one attached hydrogen (secondary N) is 1. The summed E-state index contributed by atoms with van der Waals surface area (Å²) < 4.78 is 6.61. The van der Waals surface area contributed by atoms with Gasteiger partial charge in [-0.25, -0.2) is 4.98 Å². The summed E-state index contributed by atoms with van der Waals surface area (Å²) >= 11 is 2.85.